The second-order valence-electron chi connectivity index (χ2n) is 4.98. The van der Waals surface area contributed by atoms with Crippen LogP contribution in [0.2, 0.25) is 0 Å². The van der Waals surface area contributed by atoms with E-state index in [0.717, 1.165) is 22.5 Å². The number of carbonyl (C=O) groups excluding carboxylic acids is 1. The summed E-state index contributed by atoms with van der Waals surface area (Å²) >= 11 is 1.68. The number of H-pyrrole nitrogens is 1. The normalized spacial score (nSPS) is 10.8. The Bertz CT molecular complexity index is 747. The maximum absolute atomic E-state index is 12.0. The highest BCUT2D eigenvalue weighted by Gasteiger charge is 2.06. The van der Waals surface area contributed by atoms with Crippen molar-refractivity contribution in [1.82, 2.24) is 9.97 Å². The van der Waals surface area contributed by atoms with E-state index >= 15 is 0 Å². The lowest BCUT2D eigenvalue weighted by atomic mass is 10.2. The Balaban J connectivity index is 1.57. The lowest BCUT2D eigenvalue weighted by molar-refractivity contribution is -0.116. The van der Waals surface area contributed by atoms with Crippen LogP contribution >= 0.6 is 11.8 Å². The molecular weight excluding hydrogens is 294 g/mol. The van der Waals surface area contributed by atoms with Gasteiger partial charge in [-0.15, -0.1) is 11.8 Å². The first kappa shape index (κ1) is 14.7. The molecule has 112 valence electrons. The molecule has 2 N–H and O–H groups in total. The number of carbonyl (C=O) groups is 1. The molecule has 1 heterocycles. The van der Waals surface area contributed by atoms with Crippen LogP contribution in [0.3, 0.4) is 0 Å². The molecule has 0 unspecified atom stereocenters. The number of hydrogen-bond donors (Lipinski definition) is 2. The smallest absolute Gasteiger partial charge is 0.224 e. The molecule has 0 fully saturated rings. The van der Waals surface area contributed by atoms with E-state index in [9.17, 15) is 4.79 Å². The largest absolute Gasteiger partial charge is 0.342 e. The van der Waals surface area contributed by atoms with Crippen LogP contribution in [0.4, 0.5) is 5.69 Å². The number of aromatic amines is 1. The number of aryl methyl sites for hydroxylation is 1. The van der Waals surface area contributed by atoms with Gasteiger partial charge in [0.05, 0.1) is 11.0 Å². The number of nitrogens with one attached hydrogen (secondary N) is 2. The van der Waals surface area contributed by atoms with Gasteiger partial charge < -0.3 is 10.3 Å². The fraction of sp³-hybridized carbons (Fsp3) is 0.176. The molecule has 0 atom stereocenters. The van der Waals surface area contributed by atoms with E-state index in [1.807, 2.05) is 54.8 Å². The molecule has 0 radical (unpaired) electrons. The third-order valence-electron chi connectivity index (χ3n) is 3.40. The van der Waals surface area contributed by atoms with Gasteiger partial charge in [-0.2, -0.15) is 0 Å². The Hall–Kier alpha value is -2.27. The lowest BCUT2D eigenvalue weighted by Gasteiger charge is -2.05. The molecule has 1 amide bonds. The summed E-state index contributed by atoms with van der Waals surface area (Å²) in [5.41, 5.74) is 2.77. The van der Waals surface area contributed by atoms with E-state index in [0.29, 0.717) is 12.8 Å². The van der Waals surface area contributed by atoms with Crippen LogP contribution in [0.1, 0.15) is 12.2 Å². The summed E-state index contributed by atoms with van der Waals surface area (Å²) in [6.45, 7) is 0. The van der Waals surface area contributed by atoms with Gasteiger partial charge in [0.1, 0.15) is 5.82 Å². The van der Waals surface area contributed by atoms with Crippen molar-refractivity contribution in [2.45, 2.75) is 17.7 Å². The molecule has 0 spiro atoms. The predicted octanol–water partition coefficient (Wildman–Crippen LogP) is 3.86. The van der Waals surface area contributed by atoms with Crippen LogP contribution in [-0.4, -0.2) is 22.1 Å². The van der Waals surface area contributed by atoms with Crippen molar-refractivity contribution >= 4 is 34.4 Å². The van der Waals surface area contributed by atoms with Gasteiger partial charge in [-0.3, -0.25) is 4.79 Å². The summed E-state index contributed by atoms with van der Waals surface area (Å²) in [5.74, 6) is 0.839. The van der Waals surface area contributed by atoms with Gasteiger partial charge in [0, 0.05) is 23.4 Å². The molecule has 2 aromatic carbocycles. The van der Waals surface area contributed by atoms with Gasteiger partial charge in [0.2, 0.25) is 5.91 Å². The first-order chi connectivity index (χ1) is 10.7. The van der Waals surface area contributed by atoms with Gasteiger partial charge in [0.25, 0.3) is 0 Å². The second-order valence-corrected chi connectivity index (χ2v) is 5.86. The summed E-state index contributed by atoms with van der Waals surface area (Å²) in [4.78, 5) is 20.9. The average molecular weight is 311 g/mol. The molecule has 22 heavy (non-hydrogen) atoms. The van der Waals surface area contributed by atoms with Gasteiger partial charge in [-0.1, -0.05) is 12.1 Å². The Morgan fingerprint density at radius 2 is 1.95 bits per heavy atom. The Kier molecular flexibility index (Phi) is 4.44. The molecule has 0 aliphatic heterocycles. The van der Waals surface area contributed by atoms with Crippen LogP contribution < -0.4 is 5.32 Å². The predicted molar refractivity (Wildman–Crippen MR) is 91.3 cm³/mol. The molecule has 0 aliphatic carbocycles. The van der Waals surface area contributed by atoms with Crippen LogP contribution in [0, 0.1) is 0 Å². The number of hydrogen-bond acceptors (Lipinski definition) is 3. The molecule has 3 rings (SSSR count). The fourth-order valence-corrected chi connectivity index (χ4v) is 2.66. The number of nitrogens with zero attached hydrogens (tertiary/aromatic N) is 1. The molecular formula is C17H17N3OS. The number of thioether (sulfide) groups is 1. The zero-order valence-corrected chi connectivity index (χ0v) is 13.1. The van der Waals surface area contributed by atoms with E-state index < -0.39 is 0 Å². The monoisotopic (exact) mass is 311 g/mol. The van der Waals surface area contributed by atoms with Crippen molar-refractivity contribution < 1.29 is 4.79 Å². The van der Waals surface area contributed by atoms with Crippen LogP contribution in [-0.2, 0) is 11.2 Å². The molecule has 3 aromatic rings. The number of para-hydroxylation sites is 2. The number of amides is 1. The third-order valence-corrected chi connectivity index (χ3v) is 4.14. The van der Waals surface area contributed by atoms with Crippen LogP contribution in [0.5, 0.6) is 0 Å². The minimum Gasteiger partial charge on any atom is -0.342 e. The molecule has 5 heteroatoms. The number of anilines is 1. The topological polar surface area (TPSA) is 57.8 Å². The summed E-state index contributed by atoms with van der Waals surface area (Å²) in [7, 11) is 0. The zero-order valence-electron chi connectivity index (χ0n) is 12.3. The van der Waals surface area contributed by atoms with Gasteiger partial charge in [0.15, 0.2) is 0 Å². The minimum absolute atomic E-state index is 0.00245. The number of benzene rings is 2. The van der Waals surface area contributed by atoms with Crippen molar-refractivity contribution in [2.24, 2.45) is 0 Å². The molecule has 1 aromatic heterocycles. The summed E-state index contributed by atoms with van der Waals surface area (Å²) < 4.78 is 0. The lowest BCUT2D eigenvalue weighted by Crippen LogP contribution is -2.12. The van der Waals surface area contributed by atoms with Crippen molar-refractivity contribution in [3.63, 3.8) is 0 Å². The van der Waals surface area contributed by atoms with Crippen molar-refractivity contribution in [3.05, 3.63) is 54.4 Å². The highest BCUT2D eigenvalue weighted by molar-refractivity contribution is 7.98. The Labute approximate surface area is 133 Å². The maximum Gasteiger partial charge on any atom is 0.224 e. The number of rotatable bonds is 5. The summed E-state index contributed by atoms with van der Waals surface area (Å²) in [5, 5.41) is 2.91. The van der Waals surface area contributed by atoms with E-state index in [2.05, 4.69) is 15.3 Å². The first-order valence-corrected chi connectivity index (χ1v) is 8.34. The van der Waals surface area contributed by atoms with Crippen molar-refractivity contribution in [3.8, 4) is 0 Å². The highest BCUT2D eigenvalue weighted by Crippen LogP contribution is 2.18. The fourth-order valence-electron chi connectivity index (χ4n) is 2.25. The van der Waals surface area contributed by atoms with Gasteiger partial charge in [-0.25, -0.2) is 4.98 Å². The molecule has 0 saturated heterocycles. The van der Waals surface area contributed by atoms with Crippen molar-refractivity contribution in [1.29, 1.82) is 0 Å². The second kappa shape index (κ2) is 6.66. The van der Waals surface area contributed by atoms with Gasteiger partial charge >= 0.3 is 0 Å². The van der Waals surface area contributed by atoms with Crippen LogP contribution in [0.15, 0.2) is 53.4 Å². The minimum atomic E-state index is -0.00245. The molecule has 0 bridgehead atoms. The van der Waals surface area contributed by atoms with Crippen molar-refractivity contribution in [2.75, 3.05) is 11.6 Å². The molecule has 4 nitrogen and oxygen atoms in total. The maximum atomic E-state index is 12.0. The highest BCUT2D eigenvalue weighted by atomic mass is 32.2. The molecule has 0 aliphatic rings. The molecule has 0 saturated carbocycles. The Morgan fingerprint density at radius 3 is 2.68 bits per heavy atom. The van der Waals surface area contributed by atoms with E-state index in [1.165, 1.54) is 4.90 Å². The summed E-state index contributed by atoms with van der Waals surface area (Å²) in [6, 6.07) is 15.7. The first-order valence-electron chi connectivity index (χ1n) is 7.12. The van der Waals surface area contributed by atoms with E-state index in [1.54, 1.807) is 11.8 Å². The third kappa shape index (κ3) is 3.49. The zero-order chi connectivity index (χ0) is 15.4. The SMILES string of the molecule is CSc1ccc(NC(=O)CCc2nc3ccccc3[nH]2)cc1. The quantitative estimate of drug-likeness (QED) is 0.704. The number of imidazole rings is 1. The van der Waals surface area contributed by atoms with Crippen LogP contribution in [0.25, 0.3) is 11.0 Å². The number of aromatic nitrogens is 2. The number of fused-ring (bicyclic) bond motifs is 1. The standard InChI is InChI=1S/C17H17N3OS/c1-22-13-8-6-12(7-9-13)18-17(21)11-10-16-19-14-4-2-3-5-15(14)20-16/h2-9H,10-11H2,1H3,(H,18,21)(H,19,20). The average Bonchev–Trinajstić information content (AvgIpc) is 2.96. The summed E-state index contributed by atoms with van der Waals surface area (Å²) in [6.07, 6.45) is 3.04. The van der Waals surface area contributed by atoms with E-state index in [-0.39, 0.29) is 5.91 Å². The van der Waals surface area contributed by atoms with Gasteiger partial charge in [-0.05, 0) is 42.7 Å². The van der Waals surface area contributed by atoms with E-state index in [4.69, 9.17) is 0 Å². The Morgan fingerprint density at radius 1 is 1.18 bits per heavy atom.